The van der Waals surface area contributed by atoms with Crippen LogP contribution in [0.3, 0.4) is 0 Å². The van der Waals surface area contributed by atoms with Gasteiger partial charge in [-0.05, 0) is 39.2 Å². The molecule has 0 aliphatic carbocycles. The minimum Gasteiger partial charge on any atom is -0.377 e. The monoisotopic (exact) mass is 291 g/mol. The van der Waals surface area contributed by atoms with Gasteiger partial charge in [0.25, 0.3) is 0 Å². The summed E-state index contributed by atoms with van der Waals surface area (Å²) < 4.78 is 5.66. The normalized spacial score (nSPS) is 12.3. The molecule has 0 bridgehead atoms. The Kier molecular flexibility index (Phi) is 7.83. The van der Waals surface area contributed by atoms with Crippen molar-refractivity contribution in [1.82, 2.24) is 10.6 Å². The van der Waals surface area contributed by atoms with Gasteiger partial charge in [-0.25, -0.2) is 0 Å². The van der Waals surface area contributed by atoms with E-state index in [1.54, 1.807) is 7.05 Å². The largest absolute Gasteiger partial charge is 0.377 e. The van der Waals surface area contributed by atoms with E-state index in [2.05, 4.69) is 48.5 Å². The maximum absolute atomic E-state index is 5.66. The van der Waals surface area contributed by atoms with Crippen LogP contribution in [0.1, 0.15) is 39.2 Å². The molecule has 0 heterocycles. The van der Waals surface area contributed by atoms with Crippen LogP contribution >= 0.6 is 0 Å². The molecule has 0 fully saturated rings. The summed E-state index contributed by atoms with van der Waals surface area (Å²) in [5.41, 5.74) is 1.26. The lowest BCUT2D eigenvalue weighted by Gasteiger charge is -2.23. The van der Waals surface area contributed by atoms with Gasteiger partial charge >= 0.3 is 0 Å². The molecule has 0 saturated heterocycles. The zero-order valence-corrected chi connectivity index (χ0v) is 13.8. The van der Waals surface area contributed by atoms with Crippen molar-refractivity contribution in [3.63, 3.8) is 0 Å². The number of aliphatic imine (C=N–C) groups is 1. The Morgan fingerprint density at radius 2 is 1.86 bits per heavy atom. The predicted molar refractivity (Wildman–Crippen MR) is 89.6 cm³/mol. The Morgan fingerprint density at radius 3 is 2.48 bits per heavy atom. The highest BCUT2D eigenvalue weighted by Gasteiger charge is 2.10. The number of hydrogen-bond donors (Lipinski definition) is 2. The summed E-state index contributed by atoms with van der Waals surface area (Å²) >= 11 is 0. The van der Waals surface area contributed by atoms with Crippen LogP contribution in [-0.4, -0.2) is 31.7 Å². The Hall–Kier alpha value is -1.55. The van der Waals surface area contributed by atoms with Crippen molar-refractivity contribution < 1.29 is 4.74 Å². The molecule has 1 rings (SSSR count). The van der Waals surface area contributed by atoms with E-state index in [9.17, 15) is 0 Å². The summed E-state index contributed by atoms with van der Waals surface area (Å²) in [6, 6.07) is 10.3. The number of hydrogen-bond acceptors (Lipinski definition) is 2. The van der Waals surface area contributed by atoms with Gasteiger partial charge in [0.15, 0.2) is 5.96 Å². The van der Waals surface area contributed by atoms with Crippen molar-refractivity contribution in [2.75, 3.05) is 20.2 Å². The van der Waals surface area contributed by atoms with E-state index in [0.29, 0.717) is 6.61 Å². The van der Waals surface area contributed by atoms with Crippen molar-refractivity contribution in [2.24, 2.45) is 4.99 Å². The number of nitrogens with one attached hydrogen (secondary N) is 2. The third-order valence-corrected chi connectivity index (χ3v) is 2.84. The first kappa shape index (κ1) is 17.5. The van der Waals surface area contributed by atoms with Crippen LogP contribution in [0, 0.1) is 0 Å². The first-order valence-electron chi connectivity index (χ1n) is 7.62. The average Bonchev–Trinajstić information content (AvgIpc) is 2.45. The molecular weight excluding hydrogens is 262 g/mol. The first-order chi connectivity index (χ1) is 10.0. The van der Waals surface area contributed by atoms with Gasteiger partial charge in [-0.3, -0.25) is 4.99 Å². The summed E-state index contributed by atoms with van der Waals surface area (Å²) in [7, 11) is 1.80. The molecule has 0 saturated carbocycles. The van der Waals surface area contributed by atoms with Gasteiger partial charge in [-0.15, -0.1) is 0 Å². The fourth-order valence-corrected chi connectivity index (χ4v) is 1.83. The topological polar surface area (TPSA) is 45.7 Å². The minimum absolute atomic E-state index is 0.0284. The van der Waals surface area contributed by atoms with E-state index in [0.717, 1.165) is 32.0 Å². The molecule has 1 aromatic rings. The van der Waals surface area contributed by atoms with Crippen molar-refractivity contribution in [1.29, 1.82) is 0 Å². The molecule has 0 radical (unpaired) electrons. The standard InChI is InChI=1S/C17H29N3O/c1-17(2,3)20-16(18-4)19-12-8-9-13-21-14-15-10-6-5-7-11-15/h5-7,10-11H,8-9,12-14H2,1-4H3,(H2,18,19,20). The van der Waals surface area contributed by atoms with Gasteiger partial charge in [0.2, 0.25) is 0 Å². The highest BCUT2D eigenvalue weighted by atomic mass is 16.5. The van der Waals surface area contributed by atoms with Crippen molar-refractivity contribution in [2.45, 2.75) is 45.8 Å². The summed E-state index contributed by atoms with van der Waals surface area (Å²) in [6.45, 7) is 8.76. The van der Waals surface area contributed by atoms with E-state index in [1.807, 2.05) is 18.2 Å². The summed E-state index contributed by atoms with van der Waals surface area (Å²) in [4.78, 5) is 4.21. The Labute approximate surface area is 129 Å². The average molecular weight is 291 g/mol. The van der Waals surface area contributed by atoms with E-state index in [1.165, 1.54) is 5.56 Å². The van der Waals surface area contributed by atoms with Crippen LogP contribution in [0.15, 0.2) is 35.3 Å². The van der Waals surface area contributed by atoms with Crippen LogP contribution in [-0.2, 0) is 11.3 Å². The summed E-state index contributed by atoms with van der Waals surface area (Å²) in [5, 5.41) is 6.65. The fraction of sp³-hybridized carbons (Fsp3) is 0.588. The molecule has 4 heteroatoms. The second kappa shape index (κ2) is 9.40. The summed E-state index contributed by atoms with van der Waals surface area (Å²) in [6.07, 6.45) is 2.12. The minimum atomic E-state index is 0.0284. The van der Waals surface area contributed by atoms with Crippen LogP contribution in [0.5, 0.6) is 0 Å². The van der Waals surface area contributed by atoms with Crippen LogP contribution in [0.4, 0.5) is 0 Å². The molecule has 2 N–H and O–H groups in total. The molecule has 0 aliphatic heterocycles. The SMILES string of the molecule is CN=C(NCCCCOCc1ccccc1)NC(C)(C)C. The predicted octanol–water partition coefficient (Wildman–Crippen LogP) is 2.95. The molecule has 21 heavy (non-hydrogen) atoms. The second-order valence-corrected chi connectivity index (χ2v) is 6.12. The number of benzene rings is 1. The zero-order chi connectivity index (χ0) is 15.6. The number of unbranched alkanes of at least 4 members (excludes halogenated alkanes) is 1. The highest BCUT2D eigenvalue weighted by Crippen LogP contribution is 2.01. The second-order valence-electron chi connectivity index (χ2n) is 6.12. The van der Waals surface area contributed by atoms with Gasteiger partial charge in [0, 0.05) is 25.7 Å². The Morgan fingerprint density at radius 1 is 1.14 bits per heavy atom. The lowest BCUT2D eigenvalue weighted by atomic mass is 10.1. The quantitative estimate of drug-likeness (QED) is 0.461. The lowest BCUT2D eigenvalue weighted by Crippen LogP contribution is -2.47. The third kappa shape index (κ3) is 9.08. The molecule has 0 aliphatic rings. The Bertz CT molecular complexity index is 410. The van der Waals surface area contributed by atoms with E-state index in [-0.39, 0.29) is 5.54 Å². The van der Waals surface area contributed by atoms with Crippen LogP contribution < -0.4 is 10.6 Å². The van der Waals surface area contributed by atoms with Gasteiger partial charge in [-0.2, -0.15) is 0 Å². The lowest BCUT2D eigenvalue weighted by molar-refractivity contribution is 0.117. The number of guanidine groups is 1. The van der Waals surface area contributed by atoms with Gasteiger partial charge in [0.05, 0.1) is 6.61 Å². The van der Waals surface area contributed by atoms with Crippen molar-refractivity contribution in [3.8, 4) is 0 Å². The smallest absolute Gasteiger partial charge is 0.191 e. The molecule has 0 atom stereocenters. The van der Waals surface area contributed by atoms with Crippen molar-refractivity contribution in [3.05, 3.63) is 35.9 Å². The molecule has 0 unspecified atom stereocenters. The molecule has 1 aromatic carbocycles. The van der Waals surface area contributed by atoms with E-state index in [4.69, 9.17) is 4.74 Å². The maximum Gasteiger partial charge on any atom is 0.191 e. The maximum atomic E-state index is 5.66. The molecule has 4 nitrogen and oxygen atoms in total. The molecular formula is C17H29N3O. The molecule has 0 aromatic heterocycles. The molecule has 0 spiro atoms. The summed E-state index contributed by atoms with van der Waals surface area (Å²) in [5.74, 6) is 0.854. The van der Waals surface area contributed by atoms with E-state index < -0.39 is 0 Å². The van der Waals surface area contributed by atoms with Crippen LogP contribution in [0.2, 0.25) is 0 Å². The molecule has 118 valence electrons. The van der Waals surface area contributed by atoms with Gasteiger partial charge in [0.1, 0.15) is 0 Å². The number of ether oxygens (including phenoxy) is 1. The first-order valence-corrected chi connectivity index (χ1v) is 7.62. The molecule has 0 amide bonds. The number of rotatable bonds is 7. The van der Waals surface area contributed by atoms with E-state index >= 15 is 0 Å². The zero-order valence-electron chi connectivity index (χ0n) is 13.8. The van der Waals surface area contributed by atoms with Crippen molar-refractivity contribution >= 4 is 5.96 Å². The third-order valence-electron chi connectivity index (χ3n) is 2.84. The fourth-order valence-electron chi connectivity index (χ4n) is 1.83. The van der Waals surface area contributed by atoms with Gasteiger partial charge < -0.3 is 15.4 Å². The van der Waals surface area contributed by atoms with Gasteiger partial charge in [-0.1, -0.05) is 30.3 Å². The van der Waals surface area contributed by atoms with Crippen LogP contribution in [0.25, 0.3) is 0 Å². The Balaban J connectivity index is 2.04. The number of nitrogens with zero attached hydrogens (tertiary/aromatic N) is 1. The highest BCUT2D eigenvalue weighted by molar-refractivity contribution is 5.80.